The van der Waals surface area contributed by atoms with Crippen LogP contribution < -0.4 is 11.1 Å². The molecule has 0 radical (unpaired) electrons. The fourth-order valence-electron chi connectivity index (χ4n) is 1.33. The Morgan fingerprint density at radius 3 is 2.44 bits per heavy atom. The Balaban J connectivity index is 2.88. The Morgan fingerprint density at radius 2 is 1.94 bits per heavy atom. The number of nitrogens with two attached hydrogens (primary N) is 1. The van der Waals surface area contributed by atoms with Crippen LogP contribution in [0.2, 0.25) is 0 Å². The van der Waals surface area contributed by atoms with Crippen LogP contribution in [0.3, 0.4) is 0 Å². The minimum Gasteiger partial charge on any atom is -0.378 e. The first kappa shape index (κ1) is 14.3. The zero-order chi connectivity index (χ0) is 13.7. The van der Waals surface area contributed by atoms with Crippen LogP contribution in [-0.4, -0.2) is 33.0 Å². The second kappa shape index (κ2) is 6.27. The van der Waals surface area contributed by atoms with Crippen molar-refractivity contribution in [3.8, 4) is 0 Å². The van der Waals surface area contributed by atoms with Crippen molar-refractivity contribution in [2.24, 2.45) is 5.73 Å². The van der Waals surface area contributed by atoms with Gasteiger partial charge in [-0.05, 0) is 6.07 Å². The lowest BCUT2D eigenvalue weighted by atomic mass is 10.1. The van der Waals surface area contributed by atoms with Crippen LogP contribution in [0.1, 0.15) is 10.4 Å². The van der Waals surface area contributed by atoms with Crippen LogP contribution in [0.15, 0.2) is 12.1 Å². The average Bonchev–Trinajstić information content (AvgIpc) is 2.32. The van der Waals surface area contributed by atoms with Gasteiger partial charge in [-0.1, -0.05) is 0 Å². The summed E-state index contributed by atoms with van der Waals surface area (Å²) >= 11 is 0. The summed E-state index contributed by atoms with van der Waals surface area (Å²) in [5.74, 6) is -2.80. The van der Waals surface area contributed by atoms with Crippen LogP contribution >= 0.6 is 0 Å². The highest BCUT2D eigenvalue weighted by Gasteiger charge is 2.14. The summed E-state index contributed by atoms with van der Waals surface area (Å²) in [7, 11) is 2.84. The Labute approximate surface area is 103 Å². The Kier molecular flexibility index (Phi) is 4.99. The minimum atomic E-state index is -0.999. The van der Waals surface area contributed by atoms with Crippen molar-refractivity contribution in [2.45, 2.75) is 6.29 Å². The monoisotopic (exact) mass is 260 g/mol. The molecule has 0 aliphatic carbocycles. The molecule has 0 aliphatic rings. The van der Waals surface area contributed by atoms with Gasteiger partial charge in [0, 0.05) is 20.3 Å². The number of methoxy groups -OCH3 is 2. The van der Waals surface area contributed by atoms with Gasteiger partial charge in [-0.15, -0.1) is 0 Å². The molecule has 0 fully saturated rings. The molecule has 0 saturated carbocycles. The summed E-state index contributed by atoms with van der Waals surface area (Å²) in [6, 6.07) is 1.60. The summed E-state index contributed by atoms with van der Waals surface area (Å²) in [6.07, 6.45) is -0.591. The molecular weight excluding hydrogens is 246 g/mol. The fraction of sp³-hybridized carbons (Fsp3) is 0.364. The van der Waals surface area contributed by atoms with E-state index >= 15 is 0 Å². The molecule has 100 valence electrons. The third kappa shape index (κ3) is 3.38. The molecule has 7 heteroatoms. The minimum absolute atomic E-state index is 0.0516. The number of rotatable bonds is 6. The third-order valence-corrected chi connectivity index (χ3v) is 2.31. The molecule has 5 nitrogen and oxygen atoms in total. The summed E-state index contributed by atoms with van der Waals surface area (Å²) in [4.78, 5) is 10.9. The smallest absolute Gasteiger partial charge is 0.251 e. The molecule has 1 amide bonds. The molecule has 0 heterocycles. The highest BCUT2D eigenvalue weighted by Crippen LogP contribution is 2.19. The van der Waals surface area contributed by atoms with Crippen LogP contribution in [0, 0.1) is 11.6 Å². The quantitative estimate of drug-likeness (QED) is 0.751. The maximum absolute atomic E-state index is 13.4. The molecule has 18 heavy (non-hydrogen) atoms. The maximum Gasteiger partial charge on any atom is 0.251 e. The Morgan fingerprint density at radius 1 is 1.33 bits per heavy atom. The summed E-state index contributed by atoms with van der Waals surface area (Å²) in [6.45, 7) is 0.133. The van der Waals surface area contributed by atoms with Gasteiger partial charge in [0.05, 0.1) is 17.8 Å². The standard InChI is InChI=1S/C11H14F2N2O3/c1-17-10(18-2)5-15-9-3-6(11(14)16)7(12)4-8(9)13/h3-4,10,15H,5H2,1-2H3,(H2,14,16). The molecule has 0 aliphatic heterocycles. The number of nitrogens with one attached hydrogen (secondary N) is 1. The van der Waals surface area contributed by atoms with Gasteiger partial charge in [0.25, 0.3) is 5.91 Å². The van der Waals surface area contributed by atoms with Crippen LogP contribution in [0.5, 0.6) is 0 Å². The SMILES string of the molecule is COC(CNc1cc(C(N)=O)c(F)cc1F)OC. The second-order valence-electron chi connectivity index (χ2n) is 3.46. The van der Waals surface area contributed by atoms with Crippen molar-refractivity contribution in [3.63, 3.8) is 0 Å². The van der Waals surface area contributed by atoms with Gasteiger partial charge in [0.1, 0.15) is 11.6 Å². The number of anilines is 1. The van der Waals surface area contributed by atoms with Crippen LogP contribution in [-0.2, 0) is 9.47 Å². The number of ether oxygens (including phenoxy) is 2. The molecule has 0 atom stereocenters. The van der Waals surface area contributed by atoms with E-state index in [0.717, 1.165) is 6.07 Å². The van der Waals surface area contributed by atoms with Crippen molar-refractivity contribution in [1.82, 2.24) is 0 Å². The van der Waals surface area contributed by atoms with Crippen molar-refractivity contribution in [1.29, 1.82) is 0 Å². The van der Waals surface area contributed by atoms with Gasteiger partial charge in [0.2, 0.25) is 0 Å². The highest BCUT2D eigenvalue weighted by molar-refractivity contribution is 5.94. The summed E-state index contributed by atoms with van der Waals surface area (Å²) < 4.78 is 36.4. The van der Waals surface area contributed by atoms with Crippen molar-refractivity contribution < 1.29 is 23.0 Å². The van der Waals surface area contributed by atoms with Gasteiger partial charge in [-0.2, -0.15) is 0 Å². The number of carbonyl (C=O) groups is 1. The lowest BCUT2D eigenvalue weighted by Gasteiger charge is -2.15. The van der Waals surface area contributed by atoms with Gasteiger partial charge in [-0.25, -0.2) is 8.78 Å². The number of amides is 1. The lowest BCUT2D eigenvalue weighted by Crippen LogP contribution is -2.24. The van der Waals surface area contributed by atoms with E-state index in [9.17, 15) is 13.6 Å². The number of halogens is 2. The zero-order valence-electron chi connectivity index (χ0n) is 10.00. The van der Waals surface area contributed by atoms with Gasteiger partial charge in [0.15, 0.2) is 6.29 Å². The largest absolute Gasteiger partial charge is 0.378 e. The highest BCUT2D eigenvalue weighted by atomic mass is 19.1. The lowest BCUT2D eigenvalue weighted by molar-refractivity contribution is -0.0914. The first-order valence-corrected chi connectivity index (χ1v) is 5.08. The molecule has 0 spiro atoms. The number of primary amides is 1. The van der Waals surface area contributed by atoms with Gasteiger partial charge >= 0.3 is 0 Å². The zero-order valence-corrected chi connectivity index (χ0v) is 10.00. The number of benzene rings is 1. The van der Waals surface area contributed by atoms with E-state index in [0.29, 0.717) is 6.07 Å². The average molecular weight is 260 g/mol. The van der Waals surface area contributed by atoms with E-state index in [-0.39, 0.29) is 17.8 Å². The van der Waals surface area contributed by atoms with Gasteiger partial charge in [-0.3, -0.25) is 4.79 Å². The summed E-state index contributed by atoms with van der Waals surface area (Å²) in [5, 5.41) is 2.64. The topological polar surface area (TPSA) is 73.6 Å². The second-order valence-corrected chi connectivity index (χ2v) is 3.46. The predicted molar refractivity (Wildman–Crippen MR) is 61.2 cm³/mol. The number of hydrogen-bond donors (Lipinski definition) is 2. The van der Waals surface area contributed by atoms with E-state index in [4.69, 9.17) is 15.2 Å². The van der Waals surface area contributed by atoms with E-state index in [1.165, 1.54) is 14.2 Å². The molecule has 0 bridgehead atoms. The van der Waals surface area contributed by atoms with Crippen molar-refractivity contribution >= 4 is 11.6 Å². The van der Waals surface area contributed by atoms with Crippen LogP contribution in [0.4, 0.5) is 14.5 Å². The third-order valence-electron chi connectivity index (χ3n) is 2.31. The first-order valence-electron chi connectivity index (χ1n) is 5.08. The van der Waals surface area contributed by atoms with E-state index in [1.54, 1.807) is 0 Å². The molecule has 3 N–H and O–H groups in total. The normalized spacial score (nSPS) is 10.7. The summed E-state index contributed by atoms with van der Waals surface area (Å²) in [5.41, 5.74) is 4.53. The van der Waals surface area contributed by atoms with Gasteiger partial charge < -0.3 is 20.5 Å². The van der Waals surface area contributed by atoms with Crippen molar-refractivity contribution in [2.75, 3.05) is 26.1 Å². The maximum atomic E-state index is 13.4. The van der Waals surface area contributed by atoms with E-state index < -0.39 is 23.8 Å². The molecule has 1 rings (SSSR count). The predicted octanol–water partition coefficient (Wildman–Crippen LogP) is 1.09. The Bertz CT molecular complexity index is 437. The van der Waals surface area contributed by atoms with E-state index in [1.807, 2.05) is 0 Å². The molecule has 1 aromatic rings. The molecule has 0 aromatic heterocycles. The van der Waals surface area contributed by atoms with Crippen molar-refractivity contribution in [3.05, 3.63) is 29.3 Å². The fourth-order valence-corrected chi connectivity index (χ4v) is 1.33. The molecule has 0 unspecified atom stereocenters. The van der Waals surface area contributed by atoms with E-state index in [2.05, 4.69) is 5.32 Å². The number of carbonyl (C=O) groups excluding carboxylic acids is 1. The molecule has 1 aromatic carbocycles. The van der Waals surface area contributed by atoms with Crippen LogP contribution in [0.25, 0.3) is 0 Å². The number of hydrogen-bond acceptors (Lipinski definition) is 4. The first-order chi connectivity index (χ1) is 8.49. The molecular formula is C11H14F2N2O3. The Hall–Kier alpha value is -1.73. The molecule has 0 saturated heterocycles.